The molecule has 0 saturated heterocycles. The van der Waals surface area contributed by atoms with E-state index in [0.717, 1.165) is 24.0 Å². The van der Waals surface area contributed by atoms with Crippen molar-refractivity contribution in [3.05, 3.63) is 0 Å². The Morgan fingerprint density at radius 1 is 1.40 bits per heavy atom. The summed E-state index contributed by atoms with van der Waals surface area (Å²) in [5.74, 6) is 1.26. The molecule has 0 radical (unpaired) electrons. The molecule has 0 spiro atoms. The van der Waals surface area contributed by atoms with Crippen molar-refractivity contribution in [1.29, 1.82) is 0 Å². The summed E-state index contributed by atoms with van der Waals surface area (Å²) in [6.45, 7) is 2.87. The summed E-state index contributed by atoms with van der Waals surface area (Å²) < 4.78 is 5.02. The van der Waals surface area contributed by atoms with E-state index in [1.807, 2.05) is 11.8 Å². The highest BCUT2D eigenvalue weighted by Crippen LogP contribution is 2.30. The van der Waals surface area contributed by atoms with E-state index in [1.54, 1.807) is 7.11 Å². The molecule has 0 aromatic heterocycles. The maximum Gasteiger partial charge on any atom is 0.0657 e. The van der Waals surface area contributed by atoms with E-state index in [1.165, 1.54) is 25.7 Å². The summed E-state index contributed by atoms with van der Waals surface area (Å²) in [6, 6.07) is 0. The van der Waals surface area contributed by atoms with Crippen LogP contribution in [0, 0.1) is 5.92 Å². The molecular formula is C12H24O2S. The molecule has 1 aliphatic carbocycles. The predicted octanol–water partition coefficient (Wildman–Crippen LogP) is 2.70. The van der Waals surface area contributed by atoms with Gasteiger partial charge in [-0.25, -0.2) is 0 Å². The Morgan fingerprint density at radius 2 is 2.07 bits per heavy atom. The quantitative estimate of drug-likeness (QED) is 0.732. The van der Waals surface area contributed by atoms with E-state index in [2.05, 4.69) is 6.92 Å². The highest BCUT2D eigenvalue weighted by molar-refractivity contribution is 7.99. The number of aliphatic hydroxyl groups is 1. The molecule has 90 valence electrons. The topological polar surface area (TPSA) is 29.5 Å². The average molecular weight is 232 g/mol. The molecule has 2 atom stereocenters. The molecular weight excluding hydrogens is 208 g/mol. The first-order valence-corrected chi connectivity index (χ1v) is 7.07. The van der Waals surface area contributed by atoms with E-state index in [4.69, 9.17) is 4.74 Å². The Balaban J connectivity index is 2.08. The first-order valence-electron chi connectivity index (χ1n) is 6.02. The number of ether oxygens (including phenoxy) is 1. The maximum atomic E-state index is 9.93. The lowest BCUT2D eigenvalue weighted by Crippen LogP contribution is -2.22. The smallest absolute Gasteiger partial charge is 0.0657 e. The summed E-state index contributed by atoms with van der Waals surface area (Å²) in [7, 11) is 1.71. The number of hydrogen-bond donors (Lipinski definition) is 1. The second-order valence-corrected chi connectivity index (χ2v) is 5.90. The number of methoxy groups -OCH3 is 1. The van der Waals surface area contributed by atoms with Gasteiger partial charge in [0.15, 0.2) is 0 Å². The maximum absolute atomic E-state index is 9.93. The molecule has 2 nitrogen and oxygen atoms in total. The van der Waals surface area contributed by atoms with E-state index in [0.29, 0.717) is 5.92 Å². The van der Waals surface area contributed by atoms with Gasteiger partial charge in [0.1, 0.15) is 0 Å². The highest BCUT2D eigenvalue weighted by Gasteiger charge is 2.19. The molecule has 0 bridgehead atoms. The Bertz CT molecular complexity index is 158. The molecule has 0 aliphatic heterocycles. The fourth-order valence-corrected chi connectivity index (χ4v) is 3.41. The minimum atomic E-state index is -0.161. The molecule has 1 N–H and O–H groups in total. The van der Waals surface area contributed by atoms with Crippen LogP contribution in [0.3, 0.4) is 0 Å². The molecule has 2 unspecified atom stereocenters. The van der Waals surface area contributed by atoms with Crippen molar-refractivity contribution < 1.29 is 9.84 Å². The predicted molar refractivity (Wildman–Crippen MR) is 66.4 cm³/mol. The SMILES string of the molecule is COCCC(C)C(O)CSC1CCCC1. The van der Waals surface area contributed by atoms with Gasteiger partial charge in [-0.2, -0.15) is 11.8 Å². The third-order valence-corrected chi connectivity index (χ3v) is 4.72. The Morgan fingerprint density at radius 3 is 2.67 bits per heavy atom. The molecule has 0 heterocycles. The van der Waals surface area contributed by atoms with E-state index in [-0.39, 0.29) is 6.10 Å². The van der Waals surface area contributed by atoms with Crippen LogP contribution < -0.4 is 0 Å². The van der Waals surface area contributed by atoms with Crippen molar-refractivity contribution in [1.82, 2.24) is 0 Å². The van der Waals surface area contributed by atoms with Crippen molar-refractivity contribution in [3.8, 4) is 0 Å². The van der Waals surface area contributed by atoms with Crippen molar-refractivity contribution >= 4 is 11.8 Å². The van der Waals surface area contributed by atoms with Crippen LogP contribution >= 0.6 is 11.8 Å². The largest absolute Gasteiger partial charge is 0.392 e. The van der Waals surface area contributed by atoms with Crippen LogP contribution in [0.5, 0.6) is 0 Å². The number of hydrogen-bond acceptors (Lipinski definition) is 3. The van der Waals surface area contributed by atoms with E-state index < -0.39 is 0 Å². The first kappa shape index (κ1) is 13.3. The van der Waals surface area contributed by atoms with Crippen LogP contribution in [-0.2, 0) is 4.74 Å². The molecule has 1 fully saturated rings. The van der Waals surface area contributed by atoms with E-state index >= 15 is 0 Å². The van der Waals surface area contributed by atoms with Crippen LogP contribution in [0.4, 0.5) is 0 Å². The lowest BCUT2D eigenvalue weighted by molar-refractivity contribution is 0.105. The number of aliphatic hydroxyl groups excluding tert-OH is 1. The minimum absolute atomic E-state index is 0.161. The van der Waals surface area contributed by atoms with Crippen LogP contribution in [0.15, 0.2) is 0 Å². The van der Waals surface area contributed by atoms with Gasteiger partial charge in [-0.3, -0.25) is 0 Å². The van der Waals surface area contributed by atoms with Gasteiger partial charge >= 0.3 is 0 Å². The van der Waals surface area contributed by atoms with Crippen molar-refractivity contribution in [2.75, 3.05) is 19.5 Å². The summed E-state index contributed by atoms with van der Waals surface area (Å²) in [5, 5.41) is 10.7. The van der Waals surface area contributed by atoms with Gasteiger partial charge in [0.05, 0.1) is 6.10 Å². The lowest BCUT2D eigenvalue weighted by atomic mass is 10.0. The van der Waals surface area contributed by atoms with E-state index in [9.17, 15) is 5.11 Å². The molecule has 0 amide bonds. The summed E-state index contributed by atoms with van der Waals surface area (Å²) >= 11 is 1.96. The van der Waals surface area contributed by atoms with Gasteiger partial charge in [0, 0.05) is 24.7 Å². The van der Waals surface area contributed by atoms with Gasteiger partial charge in [0.25, 0.3) is 0 Å². The first-order chi connectivity index (χ1) is 7.24. The molecule has 1 saturated carbocycles. The Kier molecular flexibility index (Phi) is 6.69. The van der Waals surface area contributed by atoms with Crippen LogP contribution in [0.2, 0.25) is 0 Å². The second kappa shape index (κ2) is 7.53. The van der Waals surface area contributed by atoms with Gasteiger partial charge in [-0.1, -0.05) is 19.8 Å². The molecule has 1 aliphatic rings. The van der Waals surface area contributed by atoms with Gasteiger partial charge < -0.3 is 9.84 Å². The highest BCUT2D eigenvalue weighted by atomic mass is 32.2. The normalized spacial score (nSPS) is 21.8. The summed E-state index contributed by atoms with van der Waals surface area (Å²) in [5.41, 5.74) is 0. The zero-order valence-electron chi connectivity index (χ0n) is 9.95. The van der Waals surface area contributed by atoms with Gasteiger partial charge in [-0.05, 0) is 25.2 Å². The minimum Gasteiger partial charge on any atom is -0.392 e. The summed E-state index contributed by atoms with van der Waals surface area (Å²) in [4.78, 5) is 0. The third-order valence-electron chi connectivity index (χ3n) is 3.24. The Hall–Kier alpha value is 0.270. The van der Waals surface area contributed by atoms with Crippen LogP contribution in [0.1, 0.15) is 39.0 Å². The molecule has 1 rings (SSSR count). The second-order valence-electron chi connectivity index (χ2n) is 4.57. The van der Waals surface area contributed by atoms with Gasteiger partial charge in [-0.15, -0.1) is 0 Å². The lowest BCUT2D eigenvalue weighted by Gasteiger charge is -2.19. The average Bonchev–Trinajstić information content (AvgIpc) is 2.75. The van der Waals surface area contributed by atoms with Crippen molar-refractivity contribution in [2.24, 2.45) is 5.92 Å². The molecule has 0 aromatic rings. The fraction of sp³-hybridized carbons (Fsp3) is 1.00. The zero-order chi connectivity index (χ0) is 11.1. The fourth-order valence-electron chi connectivity index (χ4n) is 1.95. The standard InChI is InChI=1S/C12H24O2S/c1-10(7-8-14-2)12(13)9-15-11-5-3-4-6-11/h10-13H,3-9H2,1-2H3. The zero-order valence-corrected chi connectivity index (χ0v) is 10.8. The summed E-state index contributed by atoms with van der Waals surface area (Å²) in [6.07, 6.45) is 6.27. The van der Waals surface area contributed by atoms with Gasteiger partial charge in [0.2, 0.25) is 0 Å². The third kappa shape index (κ3) is 5.23. The molecule has 3 heteroatoms. The van der Waals surface area contributed by atoms with Crippen molar-refractivity contribution in [3.63, 3.8) is 0 Å². The van der Waals surface area contributed by atoms with Crippen molar-refractivity contribution in [2.45, 2.75) is 50.4 Å². The molecule has 0 aromatic carbocycles. The van der Waals surface area contributed by atoms with Crippen LogP contribution in [0.25, 0.3) is 0 Å². The van der Waals surface area contributed by atoms with Crippen LogP contribution in [-0.4, -0.2) is 35.9 Å². The number of thioether (sulfide) groups is 1. The molecule has 15 heavy (non-hydrogen) atoms. The monoisotopic (exact) mass is 232 g/mol. The Labute approximate surface area is 97.8 Å². The number of rotatable bonds is 7.